The van der Waals surface area contributed by atoms with E-state index in [1.165, 1.54) is 12.8 Å². The van der Waals surface area contributed by atoms with Crippen molar-refractivity contribution in [2.45, 2.75) is 76.4 Å². The standard InChI is InChI=1S/C15H26N2O3/c1-3-15(14(19)20)9-6-10-17(15)11(2)13(18)16-12-7-4-5-8-12/h11-12H,3-10H2,1-2H3,(H,16,18)(H,19,20). The second-order valence-electron chi connectivity index (χ2n) is 6.15. The Morgan fingerprint density at radius 1 is 1.35 bits per heavy atom. The molecule has 20 heavy (non-hydrogen) atoms. The van der Waals surface area contributed by atoms with Gasteiger partial charge in [0.05, 0.1) is 6.04 Å². The first-order chi connectivity index (χ1) is 9.51. The van der Waals surface area contributed by atoms with Crippen LogP contribution in [0, 0.1) is 0 Å². The first-order valence-electron chi connectivity index (χ1n) is 7.82. The monoisotopic (exact) mass is 282 g/mol. The molecule has 0 radical (unpaired) electrons. The van der Waals surface area contributed by atoms with Gasteiger partial charge in [-0.25, -0.2) is 0 Å². The van der Waals surface area contributed by atoms with Crippen LogP contribution in [0.5, 0.6) is 0 Å². The molecule has 1 saturated heterocycles. The van der Waals surface area contributed by atoms with Crippen molar-refractivity contribution >= 4 is 11.9 Å². The Morgan fingerprint density at radius 2 is 2.00 bits per heavy atom. The summed E-state index contributed by atoms with van der Waals surface area (Å²) in [5.41, 5.74) is -0.855. The van der Waals surface area contributed by atoms with Gasteiger partial charge >= 0.3 is 5.97 Å². The average Bonchev–Trinajstić information content (AvgIpc) is 3.06. The van der Waals surface area contributed by atoms with Gasteiger partial charge in [-0.05, 0) is 39.0 Å². The number of hydrogen-bond acceptors (Lipinski definition) is 3. The molecule has 2 rings (SSSR count). The Kier molecular flexibility index (Phi) is 4.68. The first kappa shape index (κ1) is 15.3. The largest absolute Gasteiger partial charge is 0.480 e. The maximum atomic E-state index is 12.4. The lowest BCUT2D eigenvalue weighted by Gasteiger charge is -2.37. The summed E-state index contributed by atoms with van der Waals surface area (Å²) in [7, 11) is 0. The molecular weight excluding hydrogens is 256 g/mol. The minimum Gasteiger partial charge on any atom is -0.480 e. The van der Waals surface area contributed by atoms with E-state index in [4.69, 9.17) is 0 Å². The Balaban J connectivity index is 2.04. The molecule has 1 saturated carbocycles. The fraction of sp³-hybridized carbons (Fsp3) is 0.867. The molecule has 1 aliphatic carbocycles. The molecule has 2 N–H and O–H groups in total. The third kappa shape index (κ3) is 2.68. The zero-order valence-electron chi connectivity index (χ0n) is 12.5. The number of nitrogens with zero attached hydrogens (tertiary/aromatic N) is 1. The zero-order valence-corrected chi connectivity index (χ0v) is 12.5. The predicted octanol–water partition coefficient (Wildman–Crippen LogP) is 1.76. The molecule has 2 fully saturated rings. The van der Waals surface area contributed by atoms with Crippen molar-refractivity contribution in [2.75, 3.05) is 6.54 Å². The fourth-order valence-electron chi connectivity index (χ4n) is 3.76. The molecule has 2 aliphatic rings. The van der Waals surface area contributed by atoms with Crippen molar-refractivity contribution in [2.24, 2.45) is 0 Å². The minimum absolute atomic E-state index is 0.0159. The first-order valence-corrected chi connectivity index (χ1v) is 7.82. The predicted molar refractivity (Wildman–Crippen MR) is 76.5 cm³/mol. The van der Waals surface area contributed by atoms with Gasteiger partial charge in [0.1, 0.15) is 5.54 Å². The summed E-state index contributed by atoms with van der Waals surface area (Å²) < 4.78 is 0. The van der Waals surface area contributed by atoms with Crippen LogP contribution in [0.3, 0.4) is 0 Å². The molecule has 5 heteroatoms. The van der Waals surface area contributed by atoms with Crippen LogP contribution in [0.25, 0.3) is 0 Å². The molecule has 2 atom stereocenters. The van der Waals surface area contributed by atoms with Crippen LogP contribution in [0.1, 0.15) is 58.8 Å². The van der Waals surface area contributed by atoms with E-state index in [9.17, 15) is 14.7 Å². The lowest BCUT2D eigenvalue weighted by atomic mass is 9.92. The van der Waals surface area contributed by atoms with Crippen molar-refractivity contribution in [3.05, 3.63) is 0 Å². The summed E-state index contributed by atoms with van der Waals surface area (Å²) in [6.07, 6.45) is 6.49. The van der Waals surface area contributed by atoms with Gasteiger partial charge in [0, 0.05) is 12.6 Å². The van der Waals surface area contributed by atoms with E-state index in [1.54, 1.807) is 0 Å². The molecule has 1 heterocycles. The quantitative estimate of drug-likeness (QED) is 0.806. The van der Waals surface area contributed by atoms with E-state index in [0.29, 0.717) is 19.4 Å². The topological polar surface area (TPSA) is 69.6 Å². The van der Waals surface area contributed by atoms with Gasteiger partial charge in [-0.3, -0.25) is 14.5 Å². The highest BCUT2D eigenvalue weighted by molar-refractivity contribution is 5.84. The maximum Gasteiger partial charge on any atom is 0.324 e. The summed E-state index contributed by atoms with van der Waals surface area (Å²) in [5.74, 6) is -0.809. The number of carbonyl (C=O) groups excluding carboxylic acids is 1. The van der Waals surface area contributed by atoms with E-state index in [-0.39, 0.29) is 18.0 Å². The number of rotatable bonds is 5. The van der Waals surface area contributed by atoms with E-state index < -0.39 is 11.5 Å². The summed E-state index contributed by atoms with van der Waals surface area (Å²) >= 11 is 0. The second-order valence-corrected chi connectivity index (χ2v) is 6.15. The number of carboxylic acids is 1. The summed E-state index contributed by atoms with van der Waals surface area (Å²) in [5, 5.41) is 12.7. The van der Waals surface area contributed by atoms with Crippen LogP contribution in [0.15, 0.2) is 0 Å². The number of carbonyl (C=O) groups is 2. The van der Waals surface area contributed by atoms with Gasteiger partial charge in [0.25, 0.3) is 0 Å². The number of likely N-dealkylation sites (tertiary alicyclic amines) is 1. The number of nitrogens with one attached hydrogen (secondary N) is 1. The minimum atomic E-state index is -0.855. The number of aliphatic carboxylic acids is 1. The van der Waals surface area contributed by atoms with Gasteiger partial charge in [-0.15, -0.1) is 0 Å². The van der Waals surface area contributed by atoms with E-state index in [1.807, 2.05) is 18.7 Å². The second kappa shape index (κ2) is 6.12. The average molecular weight is 282 g/mol. The highest BCUT2D eigenvalue weighted by Gasteiger charge is 2.49. The van der Waals surface area contributed by atoms with Crippen molar-refractivity contribution in [1.82, 2.24) is 10.2 Å². The molecule has 1 aliphatic heterocycles. The number of amides is 1. The Hall–Kier alpha value is -1.10. The van der Waals surface area contributed by atoms with Crippen LogP contribution in [-0.2, 0) is 9.59 Å². The van der Waals surface area contributed by atoms with Crippen molar-refractivity contribution in [3.63, 3.8) is 0 Å². The third-order valence-corrected chi connectivity index (χ3v) is 5.07. The van der Waals surface area contributed by atoms with Gasteiger partial charge in [0.15, 0.2) is 0 Å². The maximum absolute atomic E-state index is 12.4. The molecular formula is C15H26N2O3. The van der Waals surface area contributed by atoms with Gasteiger partial charge in [-0.2, -0.15) is 0 Å². The van der Waals surface area contributed by atoms with Crippen LogP contribution in [0.2, 0.25) is 0 Å². The Morgan fingerprint density at radius 3 is 2.55 bits per heavy atom. The van der Waals surface area contributed by atoms with E-state index in [2.05, 4.69) is 5.32 Å². The molecule has 1 amide bonds. The Labute approximate surface area is 120 Å². The molecule has 2 unspecified atom stereocenters. The SMILES string of the molecule is CCC1(C(=O)O)CCCN1C(C)C(=O)NC1CCCC1. The molecule has 5 nitrogen and oxygen atoms in total. The van der Waals surface area contributed by atoms with Crippen LogP contribution in [0.4, 0.5) is 0 Å². The van der Waals surface area contributed by atoms with Crippen LogP contribution >= 0.6 is 0 Å². The highest BCUT2D eigenvalue weighted by atomic mass is 16.4. The normalized spacial score (nSPS) is 29.5. The summed E-state index contributed by atoms with van der Waals surface area (Å²) in [4.78, 5) is 25.9. The smallest absolute Gasteiger partial charge is 0.324 e. The van der Waals surface area contributed by atoms with E-state index in [0.717, 1.165) is 19.3 Å². The van der Waals surface area contributed by atoms with Gasteiger partial charge in [-0.1, -0.05) is 19.8 Å². The summed E-state index contributed by atoms with van der Waals surface area (Å²) in [6.45, 7) is 4.43. The summed E-state index contributed by atoms with van der Waals surface area (Å²) in [6, 6.07) is -0.0810. The lowest BCUT2D eigenvalue weighted by molar-refractivity contribution is -0.152. The van der Waals surface area contributed by atoms with Crippen LogP contribution < -0.4 is 5.32 Å². The van der Waals surface area contributed by atoms with Gasteiger partial charge in [0.2, 0.25) is 5.91 Å². The molecule has 0 aromatic carbocycles. The molecule has 114 valence electrons. The highest BCUT2D eigenvalue weighted by Crippen LogP contribution is 2.34. The van der Waals surface area contributed by atoms with Crippen molar-refractivity contribution in [3.8, 4) is 0 Å². The Bertz CT molecular complexity index is 379. The molecule has 0 aromatic rings. The zero-order chi connectivity index (χ0) is 14.8. The fourth-order valence-corrected chi connectivity index (χ4v) is 3.76. The number of carboxylic acid groups (broad SMARTS) is 1. The lowest BCUT2D eigenvalue weighted by Crippen LogP contribution is -2.58. The van der Waals surface area contributed by atoms with E-state index >= 15 is 0 Å². The molecule has 0 bridgehead atoms. The number of hydrogen-bond donors (Lipinski definition) is 2. The van der Waals surface area contributed by atoms with Crippen LogP contribution in [-0.4, -0.2) is 46.1 Å². The van der Waals surface area contributed by atoms with Crippen molar-refractivity contribution < 1.29 is 14.7 Å². The van der Waals surface area contributed by atoms with Crippen molar-refractivity contribution in [1.29, 1.82) is 0 Å². The third-order valence-electron chi connectivity index (χ3n) is 5.07. The molecule has 0 aromatic heterocycles. The van der Waals surface area contributed by atoms with Gasteiger partial charge < -0.3 is 10.4 Å². The molecule has 0 spiro atoms.